The van der Waals surface area contributed by atoms with E-state index in [-0.39, 0.29) is 5.76 Å². The average molecular weight is 325 g/mol. The number of hydrogen-bond donors (Lipinski definition) is 1. The zero-order valence-corrected chi connectivity index (χ0v) is 11.2. The number of nitrogens with zero attached hydrogens (tertiary/aromatic N) is 3. The number of nitrogens with two attached hydrogens (primary N) is 1. The lowest BCUT2D eigenvalue weighted by molar-refractivity contribution is 0.0967. The smallest absolute Gasteiger partial charge is 0.288 e. The highest BCUT2D eigenvalue weighted by atomic mass is 79.9. The van der Waals surface area contributed by atoms with Gasteiger partial charge in [-0.05, 0) is 22.0 Å². The van der Waals surface area contributed by atoms with Crippen LogP contribution in [0.25, 0.3) is 21.5 Å². The van der Waals surface area contributed by atoms with Gasteiger partial charge in [-0.15, -0.1) is 10.2 Å². The zero-order valence-electron chi connectivity index (χ0n) is 8.75. The second-order valence-corrected chi connectivity index (χ2v) is 5.69. The highest BCUT2D eigenvalue weighted by molar-refractivity contribution is 9.11. The summed E-state index contributed by atoms with van der Waals surface area (Å²) in [6, 6.07) is 5.37. The summed E-state index contributed by atoms with van der Waals surface area (Å²) in [5.41, 5.74) is 6.55. The number of fused-ring (bicyclic) bond motifs is 1. The van der Waals surface area contributed by atoms with Crippen LogP contribution in [0.2, 0.25) is 0 Å². The van der Waals surface area contributed by atoms with E-state index < -0.39 is 5.91 Å². The molecule has 0 saturated heterocycles. The van der Waals surface area contributed by atoms with Crippen molar-refractivity contribution in [1.82, 2.24) is 15.4 Å². The van der Waals surface area contributed by atoms with Crippen LogP contribution in [0.5, 0.6) is 0 Å². The van der Waals surface area contributed by atoms with Crippen LogP contribution in [0.15, 0.2) is 26.6 Å². The molecule has 0 radical (unpaired) electrons. The molecule has 2 heterocycles. The fraction of sp³-hybridized carbons (Fsp3) is 0. The van der Waals surface area contributed by atoms with Crippen LogP contribution >= 0.6 is 27.3 Å². The van der Waals surface area contributed by atoms with Crippen molar-refractivity contribution in [1.29, 1.82) is 0 Å². The molecule has 6 nitrogen and oxygen atoms in total. The highest BCUT2D eigenvalue weighted by Crippen LogP contribution is 2.33. The molecule has 0 unspecified atom stereocenters. The van der Waals surface area contributed by atoms with Gasteiger partial charge in [0.1, 0.15) is 10.5 Å². The van der Waals surface area contributed by atoms with Crippen LogP contribution in [-0.2, 0) is 0 Å². The van der Waals surface area contributed by atoms with Crippen molar-refractivity contribution in [3.8, 4) is 10.6 Å². The fourth-order valence-corrected chi connectivity index (χ4v) is 2.80. The third kappa shape index (κ3) is 1.70. The summed E-state index contributed by atoms with van der Waals surface area (Å²) < 4.78 is 5.62. The van der Waals surface area contributed by atoms with Gasteiger partial charge in [0.05, 0.1) is 5.39 Å². The molecule has 0 spiro atoms. The molecule has 1 aromatic carbocycles. The summed E-state index contributed by atoms with van der Waals surface area (Å²) >= 11 is 4.60. The van der Waals surface area contributed by atoms with Crippen molar-refractivity contribution in [2.45, 2.75) is 0 Å². The SMILES string of the molecule is NC(=O)c1onc2cccc(-c3nnc(Br)s3)c12. The molecule has 0 bridgehead atoms. The highest BCUT2D eigenvalue weighted by Gasteiger charge is 2.19. The summed E-state index contributed by atoms with van der Waals surface area (Å²) in [4.78, 5) is 11.3. The summed E-state index contributed by atoms with van der Waals surface area (Å²) in [5, 5.41) is 12.9. The lowest BCUT2D eigenvalue weighted by atomic mass is 10.1. The third-order valence-electron chi connectivity index (χ3n) is 2.36. The Morgan fingerprint density at radius 1 is 1.39 bits per heavy atom. The van der Waals surface area contributed by atoms with Crippen molar-refractivity contribution in [3.63, 3.8) is 0 Å². The third-order valence-corrected chi connectivity index (χ3v) is 3.75. The molecule has 0 fully saturated rings. The van der Waals surface area contributed by atoms with E-state index in [9.17, 15) is 4.79 Å². The van der Waals surface area contributed by atoms with Gasteiger partial charge >= 0.3 is 0 Å². The number of amides is 1. The number of aromatic nitrogens is 3. The molecular weight excluding hydrogens is 320 g/mol. The Labute approximate surface area is 113 Å². The number of carbonyl (C=O) groups is 1. The molecule has 3 rings (SSSR count). The Morgan fingerprint density at radius 3 is 2.89 bits per heavy atom. The first-order valence-corrected chi connectivity index (χ1v) is 6.45. The maximum absolute atomic E-state index is 11.3. The molecule has 0 saturated carbocycles. The monoisotopic (exact) mass is 324 g/mol. The van der Waals surface area contributed by atoms with Crippen LogP contribution in [0.1, 0.15) is 10.6 Å². The molecule has 0 atom stereocenters. The summed E-state index contributed by atoms with van der Waals surface area (Å²) in [5.74, 6) is -0.625. The Bertz CT molecular complexity index is 751. The van der Waals surface area contributed by atoms with Crippen LogP contribution in [0, 0.1) is 0 Å². The number of benzene rings is 1. The molecule has 0 aliphatic carbocycles. The van der Waals surface area contributed by atoms with Gasteiger partial charge in [-0.2, -0.15) is 0 Å². The zero-order chi connectivity index (χ0) is 12.7. The van der Waals surface area contributed by atoms with Crippen LogP contribution in [0.4, 0.5) is 0 Å². The predicted octanol–water partition coefficient (Wildman–Crippen LogP) is 2.21. The molecule has 18 heavy (non-hydrogen) atoms. The topological polar surface area (TPSA) is 94.9 Å². The van der Waals surface area contributed by atoms with Crippen molar-refractivity contribution < 1.29 is 9.32 Å². The first kappa shape index (κ1) is 11.3. The number of halogens is 1. The Balaban J connectivity index is 2.35. The van der Waals surface area contributed by atoms with Crippen LogP contribution in [-0.4, -0.2) is 21.3 Å². The first-order chi connectivity index (χ1) is 8.66. The van der Waals surface area contributed by atoms with Gasteiger partial charge in [0.15, 0.2) is 3.92 Å². The van der Waals surface area contributed by atoms with E-state index in [1.54, 1.807) is 12.1 Å². The number of hydrogen-bond acceptors (Lipinski definition) is 6. The van der Waals surface area contributed by atoms with E-state index in [0.29, 0.717) is 19.8 Å². The second kappa shape index (κ2) is 4.14. The van der Waals surface area contributed by atoms with Crippen LogP contribution < -0.4 is 5.73 Å². The minimum atomic E-state index is -0.659. The average Bonchev–Trinajstić information content (AvgIpc) is 2.94. The lowest BCUT2D eigenvalue weighted by Crippen LogP contribution is -2.10. The maximum Gasteiger partial charge on any atom is 0.288 e. The lowest BCUT2D eigenvalue weighted by Gasteiger charge is -1.97. The molecule has 0 aliphatic rings. The number of rotatable bonds is 2. The molecule has 3 aromatic rings. The Morgan fingerprint density at radius 2 is 2.22 bits per heavy atom. The quantitative estimate of drug-likeness (QED) is 0.779. The normalized spacial score (nSPS) is 10.9. The number of carbonyl (C=O) groups excluding carboxylic acids is 1. The minimum absolute atomic E-state index is 0.0342. The van der Waals surface area contributed by atoms with E-state index in [4.69, 9.17) is 10.3 Å². The van der Waals surface area contributed by atoms with Gasteiger partial charge in [-0.25, -0.2) is 0 Å². The summed E-state index contributed by atoms with van der Waals surface area (Å²) in [7, 11) is 0. The van der Waals surface area contributed by atoms with Crippen molar-refractivity contribution in [3.05, 3.63) is 27.9 Å². The van der Waals surface area contributed by atoms with Crippen molar-refractivity contribution in [2.24, 2.45) is 5.73 Å². The van der Waals surface area contributed by atoms with E-state index in [2.05, 4.69) is 31.3 Å². The van der Waals surface area contributed by atoms with Gasteiger partial charge < -0.3 is 10.3 Å². The minimum Gasteiger partial charge on any atom is -0.363 e. The van der Waals surface area contributed by atoms with Gasteiger partial charge in [-0.3, -0.25) is 4.79 Å². The van der Waals surface area contributed by atoms with Gasteiger partial charge in [0.25, 0.3) is 5.91 Å². The van der Waals surface area contributed by atoms with Gasteiger partial charge in [0, 0.05) is 5.56 Å². The number of primary amides is 1. The van der Waals surface area contributed by atoms with E-state index in [1.165, 1.54) is 11.3 Å². The van der Waals surface area contributed by atoms with Gasteiger partial charge in [0.2, 0.25) is 5.76 Å². The summed E-state index contributed by atoms with van der Waals surface area (Å²) in [6.07, 6.45) is 0. The van der Waals surface area contributed by atoms with Crippen molar-refractivity contribution in [2.75, 3.05) is 0 Å². The molecule has 2 N–H and O–H groups in total. The fourth-order valence-electron chi connectivity index (χ4n) is 1.66. The Hall–Kier alpha value is -1.80. The standard InChI is InChI=1S/C10H5BrN4O2S/c11-10-14-13-9(18-10)4-2-1-3-5-6(4)7(8(12)16)17-15-5/h1-3H,(H2,12,16). The van der Waals surface area contributed by atoms with E-state index >= 15 is 0 Å². The van der Waals surface area contributed by atoms with Crippen LogP contribution in [0.3, 0.4) is 0 Å². The molecular formula is C10H5BrN4O2S. The molecule has 90 valence electrons. The first-order valence-electron chi connectivity index (χ1n) is 4.84. The molecule has 0 aliphatic heterocycles. The second-order valence-electron chi connectivity index (χ2n) is 3.44. The Kier molecular flexibility index (Phi) is 2.60. The largest absolute Gasteiger partial charge is 0.363 e. The molecule has 1 amide bonds. The van der Waals surface area contributed by atoms with E-state index in [1.807, 2.05) is 6.07 Å². The van der Waals surface area contributed by atoms with E-state index in [0.717, 1.165) is 5.56 Å². The van der Waals surface area contributed by atoms with Crippen molar-refractivity contribution >= 4 is 44.1 Å². The van der Waals surface area contributed by atoms with Gasteiger partial charge in [-0.1, -0.05) is 28.6 Å². The molecule has 2 aromatic heterocycles. The molecule has 8 heteroatoms. The summed E-state index contributed by atoms with van der Waals surface area (Å²) in [6.45, 7) is 0. The predicted molar refractivity (Wildman–Crippen MR) is 69.1 cm³/mol. The maximum atomic E-state index is 11.3.